The number of aliphatic hydroxyl groups excluding tert-OH is 1. The molecule has 5 nitrogen and oxygen atoms in total. The van der Waals surface area contributed by atoms with Gasteiger partial charge in [-0.15, -0.1) is 0 Å². The van der Waals surface area contributed by atoms with Crippen molar-refractivity contribution in [3.63, 3.8) is 0 Å². The molecule has 6 heteroatoms. The molecule has 5 rings (SSSR count). The predicted molar refractivity (Wildman–Crippen MR) is 115 cm³/mol. The second-order valence-electron chi connectivity index (χ2n) is 8.44. The van der Waals surface area contributed by atoms with Crippen LogP contribution < -0.4 is 4.90 Å². The molecule has 2 aromatic carbocycles. The Bertz CT molecular complexity index is 1040. The number of piperidine rings is 1. The molecule has 158 valence electrons. The number of hydrogen-bond donors (Lipinski definition) is 1. The van der Waals surface area contributed by atoms with Crippen molar-refractivity contribution in [3.8, 4) is 0 Å². The molecule has 3 aromatic rings. The first-order valence-corrected chi connectivity index (χ1v) is 11.0. The van der Waals surface area contributed by atoms with Gasteiger partial charge in [0.15, 0.2) is 5.58 Å². The van der Waals surface area contributed by atoms with Gasteiger partial charge in [-0.3, -0.25) is 4.90 Å². The fraction of sp³-hybridized carbons (Fsp3) is 0.458. The van der Waals surface area contributed by atoms with E-state index in [0.717, 1.165) is 55.5 Å². The summed E-state index contributed by atoms with van der Waals surface area (Å²) in [5.41, 5.74) is 3.77. The Morgan fingerprint density at radius 2 is 2.03 bits per heavy atom. The molecule has 1 saturated heterocycles. The second kappa shape index (κ2) is 8.00. The van der Waals surface area contributed by atoms with E-state index in [1.807, 2.05) is 6.07 Å². The summed E-state index contributed by atoms with van der Waals surface area (Å²) in [6, 6.07) is 13.3. The van der Waals surface area contributed by atoms with Gasteiger partial charge in [-0.1, -0.05) is 36.7 Å². The van der Waals surface area contributed by atoms with Crippen LogP contribution in [0.15, 0.2) is 47.0 Å². The molecule has 3 atom stereocenters. The number of benzene rings is 2. The van der Waals surface area contributed by atoms with Gasteiger partial charge in [0.25, 0.3) is 0 Å². The third-order valence-corrected chi connectivity index (χ3v) is 6.59. The van der Waals surface area contributed by atoms with Gasteiger partial charge >= 0.3 is 0 Å². The lowest BCUT2D eigenvalue weighted by Gasteiger charge is -2.47. The van der Waals surface area contributed by atoms with E-state index in [-0.39, 0.29) is 17.9 Å². The molecule has 0 bridgehead atoms. The molecule has 0 radical (unpaired) electrons. The highest BCUT2D eigenvalue weighted by Crippen LogP contribution is 2.46. The first-order valence-electron chi connectivity index (χ1n) is 11.0. The van der Waals surface area contributed by atoms with Crippen LogP contribution in [-0.4, -0.2) is 34.5 Å². The van der Waals surface area contributed by atoms with Crippen LogP contribution in [0.1, 0.15) is 62.4 Å². The maximum absolute atomic E-state index is 13.6. The van der Waals surface area contributed by atoms with Gasteiger partial charge < -0.3 is 14.5 Å². The van der Waals surface area contributed by atoms with Crippen molar-refractivity contribution in [1.29, 1.82) is 0 Å². The van der Waals surface area contributed by atoms with Crippen LogP contribution in [0.4, 0.5) is 10.1 Å². The number of aromatic nitrogens is 1. The minimum atomic E-state index is -0.504. The Labute approximate surface area is 176 Å². The van der Waals surface area contributed by atoms with Gasteiger partial charge in [0.05, 0.1) is 6.04 Å². The highest BCUT2D eigenvalue weighted by atomic mass is 19.1. The molecular formula is C24H28FN3O2. The number of anilines is 1. The Balaban J connectivity index is 1.55. The Kier molecular flexibility index (Phi) is 5.21. The van der Waals surface area contributed by atoms with Crippen LogP contribution in [0, 0.1) is 5.82 Å². The predicted octanol–water partition coefficient (Wildman–Crippen LogP) is 5.17. The van der Waals surface area contributed by atoms with Crippen molar-refractivity contribution in [2.45, 2.75) is 57.3 Å². The van der Waals surface area contributed by atoms with E-state index in [0.29, 0.717) is 12.0 Å². The Morgan fingerprint density at radius 1 is 1.17 bits per heavy atom. The first-order chi connectivity index (χ1) is 14.7. The van der Waals surface area contributed by atoms with E-state index in [4.69, 9.17) is 4.52 Å². The fourth-order valence-corrected chi connectivity index (χ4v) is 5.26. The summed E-state index contributed by atoms with van der Waals surface area (Å²) in [6.07, 6.45) is 4.37. The quantitative estimate of drug-likeness (QED) is 0.644. The van der Waals surface area contributed by atoms with Crippen LogP contribution in [-0.2, 0) is 0 Å². The monoisotopic (exact) mass is 409 g/mol. The third-order valence-electron chi connectivity index (χ3n) is 6.59. The van der Waals surface area contributed by atoms with E-state index in [1.54, 1.807) is 6.07 Å². The average Bonchev–Trinajstić information content (AvgIpc) is 3.18. The molecule has 1 fully saturated rings. The molecule has 30 heavy (non-hydrogen) atoms. The lowest BCUT2D eigenvalue weighted by atomic mass is 9.88. The van der Waals surface area contributed by atoms with Gasteiger partial charge in [0.1, 0.15) is 17.7 Å². The number of rotatable bonds is 4. The highest BCUT2D eigenvalue weighted by Gasteiger charge is 2.39. The van der Waals surface area contributed by atoms with E-state index in [1.165, 1.54) is 17.7 Å². The topological polar surface area (TPSA) is 52.7 Å². The van der Waals surface area contributed by atoms with Gasteiger partial charge in [-0.2, -0.15) is 0 Å². The van der Waals surface area contributed by atoms with Crippen molar-refractivity contribution < 1.29 is 14.0 Å². The van der Waals surface area contributed by atoms with Crippen molar-refractivity contribution in [1.82, 2.24) is 10.1 Å². The largest absolute Gasteiger partial charge is 0.374 e. The van der Waals surface area contributed by atoms with Gasteiger partial charge in [-0.05, 0) is 49.6 Å². The summed E-state index contributed by atoms with van der Waals surface area (Å²) in [5.74, 6) is -0.314. The highest BCUT2D eigenvalue weighted by molar-refractivity contribution is 5.79. The number of fused-ring (bicyclic) bond motifs is 2. The van der Waals surface area contributed by atoms with Crippen molar-refractivity contribution in [2.24, 2.45) is 0 Å². The molecule has 0 amide bonds. The number of hydrogen-bond acceptors (Lipinski definition) is 5. The minimum absolute atomic E-state index is 0.0912. The number of likely N-dealkylation sites (tertiary alicyclic amines) is 1. The molecular weight excluding hydrogens is 381 g/mol. The van der Waals surface area contributed by atoms with Crippen LogP contribution in [0.3, 0.4) is 0 Å². The van der Waals surface area contributed by atoms with Gasteiger partial charge in [-0.25, -0.2) is 4.39 Å². The fourth-order valence-electron chi connectivity index (χ4n) is 5.26. The zero-order valence-corrected chi connectivity index (χ0v) is 17.3. The number of aliphatic hydroxyl groups is 1. The van der Waals surface area contributed by atoms with Crippen LogP contribution in [0.2, 0.25) is 0 Å². The number of para-hydroxylation sites is 1. The lowest BCUT2D eigenvalue weighted by Crippen LogP contribution is -2.47. The number of nitrogens with zero attached hydrogens (tertiary/aromatic N) is 3. The second-order valence-corrected chi connectivity index (χ2v) is 8.44. The Morgan fingerprint density at radius 3 is 2.90 bits per heavy atom. The first kappa shape index (κ1) is 19.5. The molecule has 0 aliphatic carbocycles. The normalized spacial score (nSPS) is 24.9. The van der Waals surface area contributed by atoms with Crippen molar-refractivity contribution >= 4 is 16.7 Å². The van der Waals surface area contributed by atoms with E-state index < -0.39 is 6.23 Å². The molecule has 0 saturated carbocycles. The summed E-state index contributed by atoms with van der Waals surface area (Å²) < 4.78 is 19.1. The molecule has 1 aromatic heterocycles. The third kappa shape index (κ3) is 3.28. The van der Waals surface area contributed by atoms with Gasteiger partial charge in [0.2, 0.25) is 0 Å². The van der Waals surface area contributed by atoms with E-state index in [2.05, 4.69) is 40.1 Å². The SMILES string of the molecule is CCCN1c2ccccc2C(N2CCCCC2c2noc3cc(F)ccc23)CC1O. The molecule has 2 aliphatic heterocycles. The Hall–Kier alpha value is -2.44. The van der Waals surface area contributed by atoms with Gasteiger partial charge in [0, 0.05) is 36.1 Å². The van der Waals surface area contributed by atoms with Crippen molar-refractivity contribution in [2.75, 3.05) is 18.0 Å². The van der Waals surface area contributed by atoms with E-state index >= 15 is 0 Å². The van der Waals surface area contributed by atoms with Crippen LogP contribution in [0.25, 0.3) is 11.0 Å². The summed E-state index contributed by atoms with van der Waals surface area (Å²) >= 11 is 0. The summed E-state index contributed by atoms with van der Waals surface area (Å²) in [7, 11) is 0. The van der Waals surface area contributed by atoms with Crippen molar-refractivity contribution in [3.05, 3.63) is 59.5 Å². The molecule has 3 unspecified atom stereocenters. The molecule has 0 spiro atoms. The standard InChI is InChI=1S/C24H28FN3O2/c1-2-12-28-19-8-4-3-7-17(19)21(15-23(28)29)27-13-6-5-9-20(27)24-18-11-10-16(25)14-22(18)30-26-24/h3-4,7-8,10-11,14,20-21,23,29H,2,5-6,9,12-13,15H2,1H3. The molecule has 1 N–H and O–H groups in total. The summed E-state index contributed by atoms with van der Waals surface area (Å²) in [6.45, 7) is 3.92. The molecule has 2 aliphatic rings. The minimum Gasteiger partial charge on any atom is -0.374 e. The number of halogens is 1. The lowest BCUT2D eigenvalue weighted by molar-refractivity contribution is 0.0415. The maximum Gasteiger partial charge on any atom is 0.170 e. The average molecular weight is 410 g/mol. The summed E-state index contributed by atoms with van der Waals surface area (Å²) in [5, 5.41) is 16.2. The molecule has 3 heterocycles. The zero-order valence-electron chi connectivity index (χ0n) is 17.3. The van der Waals surface area contributed by atoms with E-state index in [9.17, 15) is 9.50 Å². The van der Waals surface area contributed by atoms with Crippen LogP contribution >= 0.6 is 0 Å². The zero-order chi connectivity index (χ0) is 20.7. The smallest absolute Gasteiger partial charge is 0.170 e. The maximum atomic E-state index is 13.6. The van der Waals surface area contributed by atoms with Crippen LogP contribution in [0.5, 0.6) is 0 Å². The summed E-state index contributed by atoms with van der Waals surface area (Å²) in [4.78, 5) is 4.61.